The zero-order valence-corrected chi connectivity index (χ0v) is 10.8. The van der Waals surface area contributed by atoms with Crippen LogP contribution in [0.5, 0.6) is 0 Å². The van der Waals surface area contributed by atoms with Gasteiger partial charge in [0.2, 0.25) is 0 Å². The van der Waals surface area contributed by atoms with Gasteiger partial charge in [0.1, 0.15) is 0 Å². The third-order valence-electron chi connectivity index (χ3n) is 3.03. The van der Waals surface area contributed by atoms with Crippen LogP contribution in [0.2, 0.25) is 0 Å². The molecule has 0 aliphatic heterocycles. The average molecular weight is 228 g/mol. The maximum Gasteiger partial charge on any atom is 0.0706 e. The summed E-state index contributed by atoms with van der Waals surface area (Å²) in [4.78, 5) is 4.74. The lowest BCUT2D eigenvalue weighted by Crippen LogP contribution is -2.19. The Morgan fingerprint density at radius 1 is 1.12 bits per heavy atom. The summed E-state index contributed by atoms with van der Waals surface area (Å²) in [6, 6.07) is 12.9. The van der Waals surface area contributed by atoms with E-state index in [-0.39, 0.29) is 0 Å². The van der Waals surface area contributed by atoms with Crippen LogP contribution in [0.4, 0.5) is 0 Å². The number of nitrogens with one attached hydrogen (secondary N) is 1. The Morgan fingerprint density at radius 3 is 2.59 bits per heavy atom. The van der Waals surface area contributed by atoms with Crippen LogP contribution in [0, 0.1) is 5.92 Å². The van der Waals surface area contributed by atoms with Gasteiger partial charge < -0.3 is 5.32 Å². The monoisotopic (exact) mass is 228 g/mol. The standard InChI is InChI=1S/C15H20N2/c1-11(2)10-15(16-3)14-9-8-12-6-4-5-7-13(12)17-14/h4-9,11,15-16H,10H2,1-3H3. The van der Waals surface area contributed by atoms with Gasteiger partial charge in [0.05, 0.1) is 11.2 Å². The van der Waals surface area contributed by atoms with Crippen molar-refractivity contribution in [3.8, 4) is 0 Å². The number of fused-ring (bicyclic) bond motifs is 1. The molecule has 0 aliphatic carbocycles. The molecular weight excluding hydrogens is 208 g/mol. The van der Waals surface area contributed by atoms with Gasteiger partial charge in [-0.2, -0.15) is 0 Å². The SMILES string of the molecule is CNC(CC(C)C)c1ccc2ccccc2n1. The van der Waals surface area contributed by atoms with Crippen molar-refractivity contribution in [2.75, 3.05) is 7.05 Å². The molecule has 1 aromatic heterocycles. The second-order valence-corrected chi connectivity index (χ2v) is 4.90. The molecule has 2 heteroatoms. The summed E-state index contributed by atoms with van der Waals surface area (Å²) < 4.78 is 0. The number of para-hydroxylation sites is 1. The first-order chi connectivity index (χ1) is 8.20. The third kappa shape index (κ3) is 2.83. The molecule has 0 radical (unpaired) electrons. The molecule has 0 spiro atoms. The molecule has 1 N–H and O–H groups in total. The van der Waals surface area contributed by atoms with Crippen molar-refractivity contribution in [3.05, 3.63) is 42.1 Å². The minimum absolute atomic E-state index is 0.347. The Morgan fingerprint density at radius 2 is 1.88 bits per heavy atom. The maximum atomic E-state index is 4.74. The van der Waals surface area contributed by atoms with E-state index in [1.165, 1.54) is 5.39 Å². The van der Waals surface area contributed by atoms with Crippen LogP contribution in [0.3, 0.4) is 0 Å². The first-order valence-corrected chi connectivity index (χ1v) is 6.23. The van der Waals surface area contributed by atoms with Gasteiger partial charge in [-0.1, -0.05) is 38.1 Å². The van der Waals surface area contributed by atoms with Gasteiger partial charge in [-0.05, 0) is 31.5 Å². The molecule has 2 rings (SSSR count). The highest BCUT2D eigenvalue weighted by Gasteiger charge is 2.12. The molecule has 1 atom stereocenters. The van der Waals surface area contributed by atoms with Crippen molar-refractivity contribution < 1.29 is 0 Å². The van der Waals surface area contributed by atoms with E-state index in [2.05, 4.69) is 43.4 Å². The fourth-order valence-corrected chi connectivity index (χ4v) is 2.13. The lowest BCUT2D eigenvalue weighted by molar-refractivity contribution is 0.450. The Hall–Kier alpha value is -1.41. The van der Waals surface area contributed by atoms with Gasteiger partial charge in [0, 0.05) is 11.4 Å². The summed E-state index contributed by atoms with van der Waals surface area (Å²) in [7, 11) is 2.00. The van der Waals surface area contributed by atoms with Gasteiger partial charge in [-0.3, -0.25) is 4.98 Å². The molecule has 2 nitrogen and oxygen atoms in total. The molecule has 90 valence electrons. The van der Waals surface area contributed by atoms with Crippen LogP contribution < -0.4 is 5.32 Å². The molecule has 1 heterocycles. The van der Waals surface area contributed by atoms with Crippen molar-refractivity contribution in [2.24, 2.45) is 5.92 Å². The minimum atomic E-state index is 0.347. The van der Waals surface area contributed by atoms with Gasteiger partial charge >= 0.3 is 0 Å². The number of nitrogens with zero attached hydrogens (tertiary/aromatic N) is 1. The van der Waals surface area contributed by atoms with Crippen molar-refractivity contribution in [2.45, 2.75) is 26.3 Å². The molecule has 1 aromatic carbocycles. The Kier molecular flexibility index (Phi) is 3.75. The molecule has 1 unspecified atom stereocenters. The summed E-state index contributed by atoms with van der Waals surface area (Å²) >= 11 is 0. The van der Waals surface area contributed by atoms with Gasteiger partial charge in [-0.15, -0.1) is 0 Å². The van der Waals surface area contributed by atoms with E-state index in [4.69, 9.17) is 4.98 Å². The molecule has 0 fully saturated rings. The largest absolute Gasteiger partial charge is 0.312 e. The zero-order chi connectivity index (χ0) is 12.3. The van der Waals surface area contributed by atoms with E-state index in [1.807, 2.05) is 19.2 Å². The van der Waals surface area contributed by atoms with Crippen molar-refractivity contribution in [1.82, 2.24) is 10.3 Å². The topological polar surface area (TPSA) is 24.9 Å². The smallest absolute Gasteiger partial charge is 0.0706 e. The van der Waals surface area contributed by atoms with E-state index >= 15 is 0 Å². The summed E-state index contributed by atoms with van der Waals surface area (Å²) in [6.45, 7) is 4.48. The van der Waals surface area contributed by atoms with E-state index < -0.39 is 0 Å². The third-order valence-corrected chi connectivity index (χ3v) is 3.03. The van der Waals surface area contributed by atoms with E-state index in [0.717, 1.165) is 17.6 Å². The van der Waals surface area contributed by atoms with Crippen LogP contribution in [-0.4, -0.2) is 12.0 Å². The van der Waals surface area contributed by atoms with E-state index in [1.54, 1.807) is 0 Å². The van der Waals surface area contributed by atoms with Gasteiger partial charge in [0.25, 0.3) is 0 Å². The summed E-state index contributed by atoms with van der Waals surface area (Å²) in [6.07, 6.45) is 1.11. The van der Waals surface area contributed by atoms with Gasteiger partial charge in [-0.25, -0.2) is 0 Å². The highest BCUT2D eigenvalue weighted by atomic mass is 14.9. The predicted molar refractivity (Wildman–Crippen MR) is 73.0 cm³/mol. The lowest BCUT2D eigenvalue weighted by Gasteiger charge is -2.18. The number of pyridine rings is 1. The fourth-order valence-electron chi connectivity index (χ4n) is 2.13. The summed E-state index contributed by atoms with van der Waals surface area (Å²) in [5, 5.41) is 4.56. The zero-order valence-electron chi connectivity index (χ0n) is 10.8. The van der Waals surface area contributed by atoms with Crippen LogP contribution in [0.15, 0.2) is 36.4 Å². The Balaban J connectivity index is 2.34. The van der Waals surface area contributed by atoms with Crippen LogP contribution >= 0.6 is 0 Å². The molecule has 2 aromatic rings. The number of hydrogen-bond acceptors (Lipinski definition) is 2. The maximum absolute atomic E-state index is 4.74. The second kappa shape index (κ2) is 5.28. The summed E-state index contributed by atoms with van der Waals surface area (Å²) in [5.41, 5.74) is 2.22. The quantitative estimate of drug-likeness (QED) is 0.865. The minimum Gasteiger partial charge on any atom is -0.312 e. The van der Waals surface area contributed by atoms with E-state index in [0.29, 0.717) is 12.0 Å². The fraction of sp³-hybridized carbons (Fsp3) is 0.400. The highest BCUT2D eigenvalue weighted by Crippen LogP contribution is 2.21. The number of benzene rings is 1. The number of hydrogen-bond donors (Lipinski definition) is 1. The summed E-state index contributed by atoms with van der Waals surface area (Å²) in [5.74, 6) is 0.667. The molecule has 17 heavy (non-hydrogen) atoms. The highest BCUT2D eigenvalue weighted by molar-refractivity contribution is 5.78. The lowest BCUT2D eigenvalue weighted by atomic mass is 10.0. The molecular formula is C15H20N2. The van der Waals surface area contributed by atoms with Crippen molar-refractivity contribution in [1.29, 1.82) is 0 Å². The first kappa shape index (κ1) is 12.1. The normalized spacial score (nSPS) is 13.2. The predicted octanol–water partition coefficient (Wildman–Crippen LogP) is 3.54. The average Bonchev–Trinajstić information content (AvgIpc) is 2.35. The van der Waals surface area contributed by atoms with Crippen molar-refractivity contribution >= 4 is 10.9 Å². The molecule has 0 saturated heterocycles. The molecule has 0 amide bonds. The van der Waals surface area contributed by atoms with Crippen LogP contribution in [0.25, 0.3) is 10.9 Å². The van der Waals surface area contributed by atoms with Crippen LogP contribution in [0.1, 0.15) is 32.0 Å². The molecule has 0 aliphatic rings. The van der Waals surface area contributed by atoms with Crippen molar-refractivity contribution in [3.63, 3.8) is 0 Å². The van der Waals surface area contributed by atoms with E-state index in [9.17, 15) is 0 Å². The second-order valence-electron chi connectivity index (χ2n) is 4.90. The number of rotatable bonds is 4. The van der Waals surface area contributed by atoms with Gasteiger partial charge in [0.15, 0.2) is 0 Å². The first-order valence-electron chi connectivity index (χ1n) is 6.23. The Bertz CT molecular complexity index is 491. The molecule has 0 saturated carbocycles. The molecule has 0 bridgehead atoms. The van der Waals surface area contributed by atoms with Crippen LogP contribution in [-0.2, 0) is 0 Å². The Labute approximate surface area is 103 Å². The number of aromatic nitrogens is 1.